The molecule has 0 atom stereocenters. The summed E-state index contributed by atoms with van der Waals surface area (Å²) in [7, 11) is 3.27. The maximum absolute atomic E-state index is 6.14. The fraction of sp³-hybridized carbons (Fsp3) is 0.409. The molecule has 0 amide bonds. The molecule has 0 unspecified atom stereocenters. The number of nitrogens with zero attached hydrogens (tertiary/aromatic N) is 2. The predicted octanol–water partition coefficient (Wildman–Crippen LogP) is 3.89. The average molecular weight is 450 g/mol. The highest BCUT2D eigenvalue weighted by molar-refractivity contribution is 7.80. The zero-order valence-electron chi connectivity index (χ0n) is 17.4. The Hall–Kier alpha value is -2.06. The Kier molecular flexibility index (Phi) is 8.57. The standard InChI is InChI=1S/C22H28ClN3O3S/c1-27-19-6-3-17(4-7-19)16-26(10-9-25-11-13-29-14-12-25)22(30)24-18-5-8-20(23)21(15-18)28-2/h3-8,15H,9-14,16H2,1-2H3,(H,24,30). The van der Waals surface area contributed by atoms with Crippen molar-refractivity contribution in [2.45, 2.75) is 6.54 Å². The first-order chi connectivity index (χ1) is 14.6. The van der Waals surface area contributed by atoms with Crippen LogP contribution in [0.3, 0.4) is 0 Å². The van der Waals surface area contributed by atoms with Crippen LogP contribution in [-0.2, 0) is 11.3 Å². The van der Waals surface area contributed by atoms with Crippen molar-refractivity contribution >= 4 is 34.6 Å². The van der Waals surface area contributed by atoms with Crippen LogP contribution < -0.4 is 14.8 Å². The van der Waals surface area contributed by atoms with E-state index in [0.29, 0.717) is 22.4 Å². The molecule has 1 fully saturated rings. The van der Waals surface area contributed by atoms with Crippen molar-refractivity contribution in [3.05, 3.63) is 53.1 Å². The lowest BCUT2D eigenvalue weighted by atomic mass is 10.2. The fourth-order valence-corrected chi connectivity index (χ4v) is 3.70. The van der Waals surface area contributed by atoms with E-state index in [9.17, 15) is 0 Å². The first kappa shape index (κ1) is 22.6. The third kappa shape index (κ3) is 6.47. The van der Waals surface area contributed by atoms with E-state index in [1.165, 1.54) is 0 Å². The maximum atomic E-state index is 6.14. The second-order valence-corrected chi connectivity index (χ2v) is 7.80. The van der Waals surface area contributed by atoms with Gasteiger partial charge in [0.05, 0.1) is 32.5 Å². The Morgan fingerprint density at radius 3 is 2.53 bits per heavy atom. The molecule has 3 rings (SSSR count). The molecule has 0 bridgehead atoms. The molecule has 162 valence electrons. The van der Waals surface area contributed by atoms with Crippen molar-refractivity contribution in [2.75, 3.05) is 58.9 Å². The molecule has 0 saturated carbocycles. The summed E-state index contributed by atoms with van der Waals surface area (Å²) in [5.74, 6) is 1.45. The van der Waals surface area contributed by atoms with Gasteiger partial charge in [0.2, 0.25) is 0 Å². The molecule has 1 heterocycles. The molecule has 8 heteroatoms. The second kappa shape index (κ2) is 11.4. The number of hydrogen-bond donors (Lipinski definition) is 1. The molecule has 1 saturated heterocycles. The second-order valence-electron chi connectivity index (χ2n) is 7.00. The van der Waals surface area contributed by atoms with Gasteiger partial charge in [0.25, 0.3) is 0 Å². The number of morpholine rings is 1. The van der Waals surface area contributed by atoms with Crippen molar-refractivity contribution < 1.29 is 14.2 Å². The summed E-state index contributed by atoms with van der Waals surface area (Å²) in [6.07, 6.45) is 0. The predicted molar refractivity (Wildman–Crippen MR) is 125 cm³/mol. The zero-order valence-corrected chi connectivity index (χ0v) is 19.0. The lowest BCUT2D eigenvalue weighted by Crippen LogP contribution is -2.43. The van der Waals surface area contributed by atoms with Crippen molar-refractivity contribution in [1.82, 2.24) is 9.80 Å². The molecule has 2 aromatic carbocycles. The van der Waals surface area contributed by atoms with Crippen LogP contribution in [0, 0.1) is 0 Å². The van der Waals surface area contributed by atoms with Gasteiger partial charge in [0.1, 0.15) is 11.5 Å². The highest BCUT2D eigenvalue weighted by atomic mass is 35.5. The summed E-state index contributed by atoms with van der Waals surface area (Å²) >= 11 is 11.9. The number of anilines is 1. The van der Waals surface area contributed by atoms with E-state index < -0.39 is 0 Å². The van der Waals surface area contributed by atoms with Crippen molar-refractivity contribution in [3.8, 4) is 11.5 Å². The Labute approximate surface area is 188 Å². The zero-order chi connectivity index (χ0) is 21.3. The van der Waals surface area contributed by atoms with E-state index in [4.69, 9.17) is 38.0 Å². The number of hydrogen-bond acceptors (Lipinski definition) is 5. The van der Waals surface area contributed by atoms with Crippen LogP contribution in [0.2, 0.25) is 5.02 Å². The highest BCUT2D eigenvalue weighted by Crippen LogP contribution is 2.27. The molecule has 0 radical (unpaired) electrons. The lowest BCUT2D eigenvalue weighted by Gasteiger charge is -2.31. The molecule has 0 spiro atoms. The highest BCUT2D eigenvalue weighted by Gasteiger charge is 2.16. The summed E-state index contributed by atoms with van der Waals surface area (Å²) in [5.41, 5.74) is 2.00. The molecule has 30 heavy (non-hydrogen) atoms. The number of ether oxygens (including phenoxy) is 3. The fourth-order valence-electron chi connectivity index (χ4n) is 3.23. The largest absolute Gasteiger partial charge is 0.497 e. The van der Waals surface area contributed by atoms with E-state index in [-0.39, 0.29) is 0 Å². The van der Waals surface area contributed by atoms with Gasteiger partial charge < -0.3 is 24.4 Å². The van der Waals surface area contributed by atoms with E-state index in [0.717, 1.165) is 56.4 Å². The van der Waals surface area contributed by atoms with Gasteiger partial charge in [0, 0.05) is 44.5 Å². The molecule has 0 aliphatic carbocycles. The summed E-state index contributed by atoms with van der Waals surface area (Å²) in [6.45, 7) is 5.89. The first-order valence-electron chi connectivity index (χ1n) is 9.91. The van der Waals surface area contributed by atoms with Gasteiger partial charge in [-0.2, -0.15) is 0 Å². The van der Waals surface area contributed by atoms with E-state index >= 15 is 0 Å². The van der Waals surface area contributed by atoms with Crippen LogP contribution >= 0.6 is 23.8 Å². The lowest BCUT2D eigenvalue weighted by molar-refractivity contribution is 0.0358. The molecular weight excluding hydrogens is 422 g/mol. The van der Waals surface area contributed by atoms with E-state index in [1.807, 2.05) is 24.3 Å². The number of rotatable bonds is 8. The van der Waals surface area contributed by atoms with Crippen LogP contribution in [0.1, 0.15) is 5.56 Å². The monoisotopic (exact) mass is 449 g/mol. The number of benzene rings is 2. The van der Waals surface area contributed by atoms with Gasteiger partial charge >= 0.3 is 0 Å². The smallest absolute Gasteiger partial charge is 0.173 e. The van der Waals surface area contributed by atoms with Gasteiger partial charge in [-0.15, -0.1) is 0 Å². The summed E-state index contributed by atoms with van der Waals surface area (Å²) in [6, 6.07) is 13.6. The van der Waals surface area contributed by atoms with Crippen LogP contribution in [0.15, 0.2) is 42.5 Å². The van der Waals surface area contributed by atoms with Gasteiger partial charge in [-0.1, -0.05) is 23.7 Å². The molecular formula is C22H28ClN3O3S. The van der Waals surface area contributed by atoms with Crippen LogP contribution in [0.4, 0.5) is 5.69 Å². The minimum atomic E-state index is 0.566. The topological polar surface area (TPSA) is 46.2 Å². The molecule has 1 aliphatic rings. The Morgan fingerprint density at radius 1 is 1.13 bits per heavy atom. The maximum Gasteiger partial charge on any atom is 0.173 e. The molecule has 1 N–H and O–H groups in total. The van der Waals surface area contributed by atoms with Crippen molar-refractivity contribution in [2.24, 2.45) is 0 Å². The number of thiocarbonyl (C=S) groups is 1. The molecule has 6 nitrogen and oxygen atoms in total. The van der Waals surface area contributed by atoms with Gasteiger partial charge in [-0.3, -0.25) is 4.90 Å². The molecule has 0 aromatic heterocycles. The Morgan fingerprint density at radius 2 is 1.87 bits per heavy atom. The first-order valence-corrected chi connectivity index (χ1v) is 10.7. The quantitative estimate of drug-likeness (QED) is 0.613. The summed E-state index contributed by atoms with van der Waals surface area (Å²) in [5, 5.41) is 4.55. The van der Waals surface area contributed by atoms with Crippen LogP contribution in [0.25, 0.3) is 0 Å². The normalized spacial score (nSPS) is 14.2. The minimum Gasteiger partial charge on any atom is -0.497 e. The van der Waals surface area contributed by atoms with Gasteiger partial charge in [-0.25, -0.2) is 0 Å². The van der Waals surface area contributed by atoms with Gasteiger partial charge in [-0.05, 0) is 42.0 Å². The van der Waals surface area contributed by atoms with Crippen LogP contribution in [-0.4, -0.2) is 68.5 Å². The SMILES string of the molecule is COc1ccc(CN(CCN2CCOCC2)C(=S)Nc2ccc(Cl)c(OC)c2)cc1. The number of nitrogens with one attached hydrogen (secondary N) is 1. The number of methoxy groups -OCH3 is 2. The van der Waals surface area contributed by atoms with E-state index in [1.54, 1.807) is 20.3 Å². The Balaban J connectivity index is 1.69. The van der Waals surface area contributed by atoms with Crippen LogP contribution in [0.5, 0.6) is 11.5 Å². The Bertz CT molecular complexity index is 829. The third-order valence-electron chi connectivity index (χ3n) is 5.01. The minimum absolute atomic E-state index is 0.566. The number of halogens is 1. The van der Waals surface area contributed by atoms with Crippen molar-refractivity contribution in [1.29, 1.82) is 0 Å². The van der Waals surface area contributed by atoms with E-state index in [2.05, 4.69) is 27.2 Å². The average Bonchev–Trinajstić information content (AvgIpc) is 2.79. The molecule has 1 aliphatic heterocycles. The summed E-state index contributed by atoms with van der Waals surface area (Å²) in [4.78, 5) is 4.58. The molecule has 2 aromatic rings. The summed E-state index contributed by atoms with van der Waals surface area (Å²) < 4.78 is 16.0. The van der Waals surface area contributed by atoms with Gasteiger partial charge in [0.15, 0.2) is 5.11 Å². The van der Waals surface area contributed by atoms with Crippen molar-refractivity contribution in [3.63, 3.8) is 0 Å². The third-order valence-corrected chi connectivity index (χ3v) is 5.68.